The lowest BCUT2D eigenvalue weighted by Crippen LogP contribution is -2.12. The first kappa shape index (κ1) is 18.5. The molecule has 4 heteroatoms. The maximum atomic E-state index is 11.9. The van der Waals surface area contributed by atoms with Crippen molar-refractivity contribution >= 4 is 22.3 Å². The van der Waals surface area contributed by atoms with Crippen molar-refractivity contribution < 1.29 is 9.53 Å². The fourth-order valence-corrected chi connectivity index (χ4v) is 3.28. The number of hydrogen-bond donors (Lipinski definition) is 0. The summed E-state index contributed by atoms with van der Waals surface area (Å²) in [6.45, 7) is 3.98. The number of ketones is 1. The summed E-state index contributed by atoms with van der Waals surface area (Å²) in [6.07, 6.45) is 1.97. The van der Waals surface area contributed by atoms with Gasteiger partial charge in [-0.15, -0.1) is 0 Å². The molecule has 1 atom stereocenters. The van der Waals surface area contributed by atoms with Crippen LogP contribution < -0.4 is 0 Å². The van der Waals surface area contributed by atoms with Crippen molar-refractivity contribution in [3.8, 4) is 6.07 Å². The summed E-state index contributed by atoms with van der Waals surface area (Å²) in [5, 5.41) is 10.8. The summed E-state index contributed by atoms with van der Waals surface area (Å²) >= 11 is 0. The van der Waals surface area contributed by atoms with Gasteiger partial charge in [0.2, 0.25) is 0 Å². The number of fused-ring (bicyclic) bond motifs is 1. The Morgan fingerprint density at radius 2 is 1.81 bits per heavy atom. The fourth-order valence-electron chi connectivity index (χ4n) is 3.28. The van der Waals surface area contributed by atoms with Gasteiger partial charge in [0.1, 0.15) is 17.6 Å². The van der Waals surface area contributed by atoms with Gasteiger partial charge in [-0.05, 0) is 25.5 Å². The Hall–Kier alpha value is -3.32. The Bertz CT molecular complexity index is 1040. The molecule has 0 fully saturated rings. The first-order valence-electron chi connectivity index (χ1n) is 8.87. The van der Waals surface area contributed by atoms with Gasteiger partial charge in [0, 0.05) is 29.2 Å². The molecule has 0 spiro atoms. The van der Waals surface area contributed by atoms with Crippen LogP contribution in [-0.2, 0) is 16.1 Å². The zero-order valence-electron chi connectivity index (χ0n) is 15.8. The maximum Gasteiger partial charge on any atom is 0.140 e. The second-order valence-corrected chi connectivity index (χ2v) is 6.56. The minimum atomic E-state index is -0.471. The van der Waals surface area contributed by atoms with Crippen LogP contribution in [-0.4, -0.2) is 17.5 Å². The van der Waals surface area contributed by atoms with Gasteiger partial charge in [-0.25, -0.2) is 0 Å². The van der Waals surface area contributed by atoms with Crippen molar-refractivity contribution in [1.29, 1.82) is 5.26 Å². The fraction of sp³-hybridized carbons (Fsp3) is 0.217. The van der Waals surface area contributed by atoms with Crippen molar-refractivity contribution in [2.45, 2.75) is 20.4 Å². The zero-order valence-corrected chi connectivity index (χ0v) is 15.8. The van der Waals surface area contributed by atoms with Gasteiger partial charge in [-0.2, -0.15) is 5.26 Å². The quantitative estimate of drug-likeness (QED) is 0.470. The summed E-state index contributed by atoms with van der Waals surface area (Å²) in [5.41, 5.74) is 3.41. The van der Waals surface area contributed by atoms with Gasteiger partial charge in [-0.1, -0.05) is 48.5 Å². The number of aromatic nitrogens is 1. The minimum absolute atomic E-state index is 0.0346. The van der Waals surface area contributed by atoms with Crippen LogP contribution in [0.15, 0.2) is 66.6 Å². The lowest BCUT2D eigenvalue weighted by molar-refractivity contribution is -0.120. The molecule has 27 heavy (non-hydrogen) atoms. The number of para-hydroxylation sites is 1. The van der Waals surface area contributed by atoms with E-state index in [0.29, 0.717) is 17.9 Å². The molecule has 0 aliphatic heterocycles. The SMILES string of the molecule is CO/C(=C(\C#N)c1cn(Cc2ccccc2)c2ccccc12)C(C)C(C)=O. The van der Waals surface area contributed by atoms with Crippen molar-refractivity contribution in [1.82, 2.24) is 4.57 Å². The van der Waals surface area contributed by atoms with E-state index in [2.05, 4.69) is 22.8 Å². The molecule has 1 unspecified atom stereocenters. The molecule has 1 aromatic heterocycles. The molecule has 0 saturated carbocycles. The van der Waals surface area contributed by atoms with E-state index in [0.717, 1.165) is 16.5 Å². The number of methoxy groups -OCH3 is 1. The van der Waals surface area contributed by atoms with Gasteiger partial charge in [0.05, 0.1) is 18.6 Å². The number of nitriles is 1. The molecule has 0 bridgehead atoms. The van der Waals surface area contributed by atoms with Crippen LogP contribution in [0.25, 0.3) is 16.5 Å². The molecule has 3 rings (SSSR count). The first-order valence-corrected chi connectivity index (χ1v) is 8.87. The van der Waals surface area contributed by atoms with Crippen LogP contribution in [0.2, 0.25) is 0 Å². The van der Waals surface area contributed by atoms with E-state index in [1.807, 2.05) is 48.7 Å². The van der Waals surface area contributed by atoms with Crippen LogP contribution in [0.1, 0.15) is 25.0 Å². The number of allylic oxidation sites excluding steroid dienone is 2. The van der Waals surface area contributed by atoms with E-state index in [-0.39, 0.29) is 5.78 Å². The van der Waals surface area contributed by atoms with Crippen molar-refractivity contribution in [3.63, 3.8) is 0 Å². The Labute approximate surface area is 159 Å². The highest BCUT2D eigenvalue weighted by molar-refractivity contribution is 5.98. The number of nitrogens with zero attached hydrogens (tertiary/aromatic N) is 2. The Morgan fingerprint density at radius 1 is 1.15 bits per heavy atom. The molecule has 0 amide bonds. The third kappa shape index (κ3) is 3.63. The van der Waals surface area contributed by atoms with Gasteiger partial charge in [-0.3, -0.25) is 4.79 Å². The summed E-state index contributed by atoms with van der Waals surface area (Å²) in [5.74, 6) is -0.0962. The van der Waals surface area contributed by atoms with E-state index in [1.54, 1.807) is 6.92 Å². The van der Waals surface area contributed by atoms with E-state index in [1.165, 1.54) is 19.6 Å². The average Bonchev–Trinajstić information content (AvgIpc) is 3.04. The highest BCUT2D eigenvalue weighted by Crippen LogP contribution is 2.32. The third-order valence-electron chi connectivity index (χ3n) is 4.83. The van der Waals surface area contributed by atoms with Crippen LogP contribution in [0, 0.1) is 17.2 Å². The van der Waals surface area contributed by atoms with E-state index >= 15 is 0 Å². The van der Waals surface area contributed by atoms with Gasteiger partial charge in [0.15, 0.2) is 0 Å². The highest BCUT2D eigenvalue weighted by atomic mass is 16.5. The summed E-state index contributed by atoms with van der Waals surface area (Å²) < 4.78 is 7.61. The molecule has 3 aromatic rings. The number of carbonyl (C=O) groups is 1. The normalized spacial score (nSPS) is 13.0. The molecule has 136 valence electrons. The molecule has 1 heterocycles. The van der Waals surface area contributed by atoms with Crippen LogP contribution >= 0.6 is 0 Å². The van der Waals surface area contributed by atoms with Crippen molar-refractivity contribution in [2.75, 3.05) is 7.11 Å². The number of ether oxygens (including phenoxy) is 1. The van der Waals surface area contributed by atoms with E-state index in [9.17, 15) is 10.1 Å². The largest absolute Gasteiger partial charge is 0.499 e. The maximum absolute atomic E-state index is 11.9. The van der Waals surface area contributed by atoms with Crippen molar-refractivity contribution in [2.24, 2.45) is 5.92 Å². The van der Waals surface area contributed by atoms with Gasteiger partial charge < -0.3 is 9.30 Å². The third-order valence-corrected chi connectivity index (χ3v) is 4.83. The van der Waals surface area contributed by atoms with Crippen LogP contribution in [0.5, 0.6) is 0 Å². The Balaban J connectivity index is 2.19. The van der Waals surface area contributed by atoms with E-state index in [4.69, 9.17) is 4.74 Å². The minimum Gasteiger partial charge on any atom is -0.499 e. The Morgan fingerprint density at radius 3 is 2.44 bits per heavy atom. The predicted octanol–water partition coefficient (Wildman–Crippen LogP) is 4.80. The molecular weight excluding hydrogens is 336 g/mol. The first-order chi connectivity index (χ1) is 13.1. The number of carbonyl (C=O) groups excluding carboxylic acids is 1. The number of hydrogen-bond acceptors (Lipinski definition) is 3. The average molecular weight is 358 g/mol. The molecule has 0 N–H and O–H groups in total. The van der Waals surface area contributed by atoms with Crippen LogP contribution in [0.4, 0.5) is 0 Å². The highest BCUT2D eigenvalue weighted by Gasteiger charge is 2.23. The number of rotatable bonds is 6. The molecule has 0 aliphatic rings. The monoisotopic (exact) mass is 358 g/mol. The summed E-state index contributed by atoms with van der Waals surface area (Å²) in [6, 6.07) is 20.4. The topological polar surface area (TPSA) is 55.0 Å². The summed E-state index contributed by atoms with van der Waals surface area (Å²) in [7, 11) is 1.51. The van der Waals surface area contributed by atoms with Crippen LogP contribution in [0.3, 0.4) is 0 Å². The lowest BCUT2D eigenvalue weighted by atomic mass is 9.96. The summed E-state index contributed by atoms with van der Waals surface area (Å²) in [4.78, 5) is 11.9. The molecular formula is C23H22N2O2. The van der Waals surface area contributed by atoms with Crippen molar-refractivity contribution in [3.05, 3.63) is 77.7 Å². The molecule has 2 aromatic carbocycles. The molecule has 0 aliphatic carbocycles. The molecule has 0 radical (unpaired) electrons. The number of benzene rings is 2. The zero-order chi connectivity index (χ0) is 19.4. The molecule has 4 nitrogen and oxygen atoms in total. The molecule has 0 saturated heterocycles. The van der Waals surface area contributed by atoms with Gasteiger partial charge in [0.25, 0.3) is 0 Å². The van der Waals surface area contributed by atoms with Gasteiger partial charge >= 0.3 is 0 Å². The predicted molar refractivity (Wildman–Crippen MR) is 107 cm³/mol. The second-order valence-electron chi connectivity index (χ2n) is 6.56. The number of Topliss-reactive ketones (excluding diaryl/α,β-unsaturated/α-hetero) is 1. The Kier molecular flexibility index (Phi) is 5.42. The second kappa shape index (κ2) is 7.92. The lowest BCUT2D eigenvalue weighted by Gasteiger charge is -2.14. The van der Waals surface area contributed by atoms with E-state index < -0.39 is 5.92 Å². The standard InChI is InChI=1S/C23H22N2O2/c1-16(17(2)26)23(27-3)20(13-24)21-15-25(14-18-9-5-4-6-10-18)22-12-8-7-11-19(21)22/h4-12,15-16H,14H2,1-3H3/b23-20+. The smallest absolute Gasteiger partial charge is 0.140 e.